The number of carbonyl (C=O) groups excluding carboxylic acids is 1. The van der Waals surface area contributed by atoms with Crippen molar-refractivity contribution in [3.8, 4) is 0 Å². The molecule has 0 bridgehead atoms. The Morgan fingerprint density at radius 3 is 2.27 bits per heavy atom. The van der Waals surface area contributed by atoms with Crippen LogP contribution in [0.5, 0.6) is 0 Å². The van der Waals surface area contributed by atoms with Gasteiger partial charge in [0.25, 0.3) is 5.91 Å². The summed E-state index contributed by atoms with van der Waals surface area (Å²) < 4.78 is 25.4. The third-order valence-corrected chi connectivity index (χ3v) is 7.09. The summed E-state index contributed by atoms with van der Waals surface area (Å²) in [5.74, 6) is -0.0806. The predicted octanol–water partition coefficient (Wildman–Crippen LogP) is 4.85. The fourth-order valence-corrected chi connectivity index (χ4v) is 5.05. The van der Waals surface area contributed by atoms with Crippen LogP contribution in [0.15, 0.2) is 94.7 Å². The summed E-state index contributed by atoms with van der Waals surface area (Å²) in [6.45, 7) is 0.533. The van der Waals surface area contributed by atoms with Gasteiger partial charge >= 0.3 is 0 Å². The van der Waals surface area contributed by atoms with E-state index in [9.17, 15) is 13.2 Å². The van der Waals surface area contributed by atoms with Crippen molar-refractivity contribution in [3.05, 3.63) is 96.1 Å². The van der Waals surface area contributed by atoms with Crippen LogP contribution in [0.1, 0.15) is 15.9 Å². The van der Waals surface area contributed by atoms with E-state index < -0.39 is 9.84 Å². The molecule has 5 nitrogen and oxygen atoms in total. The molecule has 4 aromatic carbocycles. The van der Waals surface area contributed by atoms with Gasteiger partial charge in [-0.25, -0.2) is 8.42 Å². The maximum Gasteiger partial charge on any atom is 0.256 e. The quantitative estimate of drug-likeness (QED) is 0.489. The molecule has 6 heteroatoms. The molecule has 2 N–H and O–H groups in total. The van der Waals surface area contributed by atoms with Crippen molar-refractivity contribution >= 4 is 37.9 Å². The summed E-state index contributed by atoms with van der Waals surface area (Å²) in [6, 6.07) is 24.8. The van der Waals surface area contributed by atoms with E-state index >= 15 is 0 Å². The van der Waals surface area contributed by atoms with E-state index in [1.54, 1.807) is 42.5 Å². The molecule has 0 saturated carbocycles. The number of amides is 1. The van der Waals surface area contributed by atoms with Crippen LogP contribution in [-0.2, 0) is 16.4 Å². The summed E-state index contributed by atoms with van der Waals surface area (Å²) >= 11 is 0. The highest BCUT2D eigenvalue weighted by Gasteiger charge is 2.22. The lowest BCUT2D eigenvalue weighted by Gasteiger charge is -2.11. The normalized spacial score (nSPS) is 12.7. The van der Waals surface area contributed by atoms with Crippen molar-refractivity contribution in [2.24, 2.45) is 0 Å². The topological polar surface area (TPSA) is 75.3 Å². The van der Waals surface area contributed by atoms with Crippen molar-refractivity contribution in [1.82, 2.24) is 0 Å². The maximum absolute atomic E-state index is 12.7. The molecular formula is C24H18N2O3S. The van der Waals surface area contributed by atoms with E-state index in [1.807, 2.05) is 42.5 Å². The molecule has 1 heterocycles. The van der Waals surface area contributed by atoms with Gasteiger partial charge in [0.05, 0.1) is 9.79 Å². The summed E-state index contributed by atoms with van der Waals surface area (Å²) in [4.78, 5) is 12.6. The van der Waals surface area contributed by atoms with Gasteiger partial charge in [-0.2, -0.15) is 0 Å². The minimum Gasteiger partial charge on any atom is -0.380 e. The first-order valence-electron chi connectivity index (χ1n) is 9.54. The molecule has 0 spiro atoms. The van der Waals surface area contributed by atoms with Crippen LogP contribution < -0.4 is 10.6 Å². The lowest BCUT2D eigenvalue weighted by atomic mass is 10.0. The minimum absolute atomic E-state index is 0.0806. The second kappa shape index (κ2) is 7.00. The van der Waals surface area contributed by atoms with E-state index in [-0.39, 0.29) is 15.7 Å². The molecule has 1 aliphatic heterocycles. The number of anilines is 2. The van der Waals surface area contributed by atoms with Gasteiger partial charge in [0.1, 0.15) is 0 Å². The van der Waals surface area contributed by atoms with Crippen LogP contribution in [0.3, 0.4) is 0 Å². The average Bonchev–Trinajstić information content (AvgIpc) is 3.11. The molecule has 0 saturated heterocycles. The van der Waals surface area contributed by atoms with Gasteiger partial charge in [-0.3, -0.25) is 4.79 Å². The summed E-state index contributed by atoms with van der Waals surface area (Å²) in [5, 5.41) is 8.19. The van der Waals surface area contributed by atoms with Gasteiger partial charge in [-0.05, 0) is 48.0 Å². The Bertz CT molecular complexity index is 1380. The standard InChI is InChI=1S/C24H18N2O3S/c27-24-20-8-4-7-19-21(13-14-22(26-24)23(19)20)25-15-16-9-11-18(12-10-16)30(28,29)17-5-2-1-3-6-17/h1-14,25H,15H2,(H,26,27). The van der Waals surface area contributed by atoms with Gasteiger partial charge in [-0.1, -0.05) is 42.5 Å². The van der Waals surface area contributed by atoms with Gasteiger partial charge < -0.3 is 10.6 Å². The van der Waals surface area contributed by atoms with Crippen molar-refractivity contribution in [3.63, 3.8) is 0 Å². The monoisotopic (exact) mass is 414 g/mol. The molecule has 0 fully saturated rings. The molecule has 0 radical (unpaired) electrons. The first kappa shape index (κ1) is 18.4. The molecule has 0 unspecified atom stereocenters. The highest BCUT2D eigenvalue weighted by Crippen LogP contribution is 2.37. The van der Waals surface area contributed by atoms with E-state index in [0.717, 1.165) is 27.7 Å². The summed E-state index contributed by atoms with van der Waals surface area (Å²) in [5.41, 5.74) is 3.39. The third-order valence-electron chi connectivity index (χ3n) is 5.30. The minimum atomic E-state index is -3.52. The van der Waals surface area contributed by atoms with Crippen LogP contribution in [-0.4, -0.2) is 14.3 Å². The number of hydrogen-bond acceptors (Lipinski definition) is 4. The van der Waals surface area contributed by atoms with Crippen molar-refractivity contribution in [2.45, 2.75) is 16.3 Å². The fraction of sp³-hybridized carbons (Fsp3) is 0.0417. The lowest BCUT2D eigenvalue weighted by Crippen LogP contribution is -2.03. The van der Waals surface area contributed by atoms with E-state index in [4.69, 9.17) is 0 Å². The number of benzene rings is 4. The molecule has 30 heavy (non-hydrogen) atoms. The van der Waals surface area contributed by atoms with Crippen molar-refractivity contribution in [2.75, 3.05) is 10.6 Å². The van der Waals surface area contributed by atoms with E-state index in [2.05, 4.69) is 10.6 Å². The second-order valence-corrected chi connectivity index (χ2v) is 9.11. The number of carbonyl (C=O) groups is 1. The zero-order valence-corrected chi connectivity index (χ0v) is 16.7. The lowest BCUT2D eigenvalue weighted by molar-refractivity contribution is 0.103. The zero-order valence-electron chi connectivity index (χ0n) is 15.9. The molecule has 148 valence electrons. The molecule has 1 amide bonds. The number of sulfone groups is 1. The van der Waals surface area contributed by atoms with Crippen LogP contribution in [0.2, 0.25) is 0 Å². The Hall–Kier alpha value is -3.64. The van der Waals surface area contributed by atoms with E-state index in [0.29, 0.717) is 12.1 Å². The Balaban J connectivity index is 1.39. The second-order valence-electron chi connectivity index (χ2n) is 7.16. The van der Waals surface area contributed by atoms with E-state index in [1.165, 1.54) is 0 Å². The molecule has 5 rings (SSSR count). The predicted molar refractivity (Wildman–Crippen MR) is 118 cm³/mol. The Morgan fingerprint density at radius 1 is 0.767 bits per heavy atom. The smallest absolute Gasteiger partial charge is 0.256 e. The molecular weight excluding hydrogens is 396 g/mol. The first-order chi connectivity index (χ1) is 14.5. The van der Waals surface area contributed by atoms with Crippen molar-refractivity contribution in [1.29, 1.82) is 0 Å². The third kappa shape index (κ3) is 3.02. The largest absolute Gasteiger partial charge is 0.380 e. The molecule has 4 aromatic rings. The van der Waals surface area contributed by atoms with Crippen LogP contribution in [0, 0.1) is 0 Å². The summed E-state index contributed by atoms with van der Waals surface area (Å²) in [7, 11) is -3.52. The highest BCUT2D eigenvalue weighted by molar-refractivity contribution is 7.91. The molecule has 0 atom stereocenters. The highest BCUT2D eigenvalue weighted by atomic mass is 32.2. The van der Waals surface area contributed by atoms with Crippen LogP contribution in [0.25, 0.3) is 10.8 Å². The first-order valence-corrected chi connectivity index (χ1v) is 11.0. The molecule has 0 aromatic heterocycles. The molecule has 0 aliphatic carbocycles. The molecule has 1 aliphatic rings. The maximum atomic E-state index is 12.7. The van der Waals surface area contributed by atoms with Gasteiger partial charge in [0.15, 0.2) is 0 Å². The average molecular weight is 414 g/mol. The van der Waals surface area contributed by atoms with Crippen molar-refractivity contribution < 1.29 is 13.2 Å². The Kier molecular flexibility index (Phi) is 4.29. The Labute approximate surface area is 174 Å². The summed E-state index contributed by atoms with van der Waals surface area (Å²) in [6.07, 6.45) is 0. The zero-order chi connectivity index (χ0) is 20.7. The number of rotatable bonds is 5. The van der Waals surface area contributed by atoms with Gasteiger partial charge in [0.2, 0.25) is 9.84 Å². The number of hydrogen-bond donors (Lipinski definition) is 2. The SMILES string of the molecule is O=C1Nc2ccc(NCc3ccc(S(=O)(=O)c4ccccc4)cc3)c3cccc1c23. The Morgan fingerprint density at radius 2 is 1.50 bits per heavy atom. The van der Waals surface area contributed by atoms with Crippen LogP contribution in [0.4, 0.5) is 11.4 Å². The van der Waals surface area contributed by atoms with Gasteiger partial charge in [0, 0.05) is 34.3 Å². The van der Waals surface area contributed by atoms with Gasteiger partial charge in [-0.15, -0.1) is 0 Å². The fourth-order valence-electron chi connectivity index (χ4n) is 3.76. The van der Waals surface area contributed by atoms with Crippen LogP contribution >= 0.6 is 0 Å². The number of nitrogens with one attached hydrogen (secondary N) is 2.